The van der Waals surface area contributed by atoms with Crippen LogP contribution in [0.2, 0.25) is 5.02 Å². The molecule has 9 heteroatoms. The molecule has 1 amide bonds. The lowest BCUT2D eigenvalue weighted by Crippen LogP contribution is -2.15. The van der Waals surface area contributed by atoms with E-state index in [9.17, 15) is 18.0 Å². The Morgan fingerprint density at radius 2 is 1.77 bits per heavy atom. The highest BCUT2D eigenvalue weighted by atomic mass is 35.5. The maximum absolute atomic E-state index is 13.6. The molecular formula is C17H10ClF3N4O. The Balaban J connectivity index is 1.77. The minimum atomic E-state index is -0.910. The number of carbonyl (C=O) groups excluding carboxylic acids is 1. The summed E-state index contributed by atoms with van der Waals surface area (Å²) in [6, 6.07) is 8.06. The van der Waals surface area contributed by atoms with E-state index >= 15 is 0 Å². The predicted octanol–water partition coefficient (Wildman–Crippen LogP) is 4.54. The molecule has 0 saturated heterocycles. The largest absolute Gasteiger partial charge is 0.340 e. The predicted molar refractivity (Wildman–Crippen MR) is 91.0 cm³/mol. The van der Waals surface area contributed by atoms with E-state index in [1.807, 2.05) is 0 Å². The van der Waals surface area contributed by atoms with Gasteiger partial charge in [-0.15, -0.1) is 0 Å². The van der Waals surface area contributed by atoms with Gasteiger partial charge in [0.25, 0.3) is 5.91 Å². The number of rotatable bonds is 4. The molecule has 3 rings (SSSR count). The zero-order valence-electron chi connectivity index (χ0n) is 12.9. The van der Waals surface area contributed by atoms with E-state index in [0.717, 1.165) is 18.5 Å². The van der Waals surface area contributed by atoms with Crippen molar-refractivity contribution in [3.05, 3.63) is 77.0 Å². The van der Waals surface area contributed by atoms with Crippen LogP contribution < -0.4 is 10.6 Å². The number of nitrogens with one attached hydrogen (secondary N) is 2. The molecule has 5 nitrogen and oxygen atoms in total. The van der Waals surface area contributed by atoms with Crippen molar-refractivity contribution in [2.75, 3.05) is 10.6 Å². The molecule has 0 atom stereocenters. The molecule has 132 valence electrons. The lowest BCUT2D eigenvalue weighted by atomic mass is 10.2. The van der Waals surface area contributed by atoms with Gasteiger partial charge in [0.1, 0.15) is 35.3 Å². The Labute approximate surface area is 150 Å². The Hall–Kier alpha value is -3.13. The molecule has 0 aliphatic rings. The van der Waals surface area contributed by atoms with Crippen LogP contribution in [0.3, 0.4) is 0 Å². The number of halogens is 4. The van der Waals surface area contributed by atoms with Gasteiger partial charge in [-0.1, -0.05) is 11.6 Å². The van der Waals surface area contributed by atoms with Crippen LogP contribution in [0, 0.1) is 17.5 Å². The number of aromatic nitrogens is 2. The average molecular weight is 379 g/mol. The van der Waals surface area contributed by atoms with E-state index in [1.54, 1.807) is 0 Å². The van der Waals surface area contributed by atoms with Crippen LogP contribution >= 0.6 is 11.6 Å². The van der Waals surface area contributed by atoms with Crippen molar-refractivity contribution in [1.82, 2.24) is 9.97 Å². The third kappa shape index (κ3) is 4.09. The summed E-state index contributed by atoms with van der Waals surface area (Å²) in [4.78, 5) is 19.9. The number of hydrogen-bond donors (Lipinski definition) is 2. The molecule has 0 radical (unpaired) electrons. The second-order valence-electron chi connectivity index (χ2n) is 5.12. The minimum absolute atomic E-state index is 0.0561. The van der Waals surface area contributed by atoms with E-state index in [2.05, 4.69) is 20.6 Å². The Morgan fingerprint density at radius 3 is 2.50 bits per heavy atom. The van der Waals surface area contributed by atoms with Gasteiger partial charge in [0, 0.05) is 17.8 Å². The van der Waals surface area contributed by atoms with Crippen LogP contribution in [0.15, 0.2) is 48.8 Å². The van der Waals surface area contributed by atoms with Crippen molar-refractivity contribution in [3.8, 4) is 0 Å². The molecular weight excluding hydrogens is 369 g/mol. The Morgan fingerprint density at radius 1 is 0.962 bits per heavy atom. The maximum Gasteiger partial charge on any atom is 0.274 e. The highest BCUT2D eigenvalue weighted by Gasteiger charge is 2.12. The van der Waals surface area contributed by atoms with Gasteiger partial charge in [-0.2, -0.15) is 0 Å². The molecule has 26 heavy (non-hydrogen) atoms. The monoisotopic (exact) mass is 378 g/mol. The second-order valence-corrected chi connectivity index (χ2v) is 5.53. The number of amides is 1. The van der Waals surface area contributed by atoms with Crippen molar-refractivity contribution < 1.29 is 18.0 Å². The van der Waals surface area contributed by atoms with Crippen molar-refractivity contribution in [3.63, 3.8) is 0 Å². The van der Waals surface area contributed by atoms with Crippen molar-refractivity contribution in [2.45, 2.75) is 0 Å². The Kier molecular flexibility index (Phi) is 5.04. The van der Waals surface area contributed by atoms with Crippen LogP contribution in [0.25, 0.3) is 0 Å². The van der Waals surface area contributed by atoms with E-state index in [0.29, 0.717) is 11.8 Å². The standard InChI is InChI=1S/C17H10ClF3N4O/c18-11-6-10(2-3-12(11)20)24-16-7-15(22-8-23-16)17(26)25-14-4-1-9(19)5-13(14)21/h1-8H,(H,25,26)(H,22,23,24). The molecule has 2 aromatic carbocycles. The molecule has 0 bridgehead atoms. The molecule has 2 N–H and O–H groups in total. The van der Waals surface area contributed by atoms with Crippen LogP contribution in [0.1, 0.15) is 10.5 Å². The first kappa shape index (κ1) is 17.7. The van der Waals surface area contributed by atoms with Crippen molar-refractivity contribution >= 4 is 34.7 Å². The fourth-order valence-corrected chi connectivity index (χ4v) is 2.23. The highest BCUT2D eigenvalue weighted by molar-refractivity contribution is 6.31. The highest BCUT2D eigenvalue weighted by Crippen LogP contribution is 2.22. The quantitative estimate of drug-likeness (QED) is 0.699. The van der Waals surface area contributed by atoms with Gasteiger partial charge >= 0.3 is 0 Å². The fourth-order valence-electron chi connectivity index (χ4n) is 2.05. The summed E-state index contributed by atoms with van der Waals surface area (Å²) in [6.45, 7) is 0. The number of nitrogens with zero attached hydrogens (tertiary/aromatic N) is 2. The molecule has 0 saturated carbocycles. The van der Waals surface area contributed by atoms with E-state index in [1.165, 1.54) is 24.3 Å². The lowest BCUT2D eigenvalue weighted by Gasteiger charge is -2.09. The fraction of sp³-hybridized carbons (Fsp3) is 0. The maximum atomic E-state index is 13.6. The number of anilines is 3. The summed E-state index contributed by atoms with van der Waals surface area (Å²) in [5.41, 5.74) is 0.209. The first-order chi connectivity index (χ1) is 12.4. The first-order valence-electron chi connectivity index (χ1n) is 7.23. The van der Waals surface area contributed by atoms with Gasteiger partial charge in [-0.25, -0.2) is 23.1 Å². The lowest BCUT2D eigenvalue weighted by molar-refractivity contribution is 0.102. The van der Waals surface area contributed by atoms with Crippen LogP contribution in [0.4, 0.5) is 30.4 Å². The van der Waals surface area contributed by atoms with Gasteiger partial charge in [0.05, 0.1) is 10.7 Å². The van der Waals surface area contributed by atoms with E-state index < -0.39 is 23.4 Å². The normalized spacial score (nSPS) is 10.5. The average Bonchev–Trinajstić information content (AvgIpc) is 2.61. The number of hydrogen-bond acceptors (Lipinski definition) is 4. The number of benzene rings is 2. The van der Waals surface area contributed by atoms with E-state index in [-0.39, 0.29) is 22.2 Å². The van der Waals surface area contributed by atoms with Crippen LogP contribution in [0.5, 0.6) is 0 Å². The summed E-state index contributed by atoms with van der Waals surface area (Å²) in [5, 5.41) is 5.06. The molecule has 1 aromatic heterocycles. The zero-order valence-corrected chi connectivity index (χ0v) is 13.7. The smallest absolute Gasteiger partial charge is 0.274 e. The SMILES string of the molecule is O=C(Nc1ccc(F)cc1F)c1cc(Nc2ccc(F)c(Cl)c2)ncn1. The molecule has 1 heterocycles. The molecule has 0 aliphatic heterocycles. The second kappa shape index (κ2) is 7.40. The molecule has 0 aliphatic carbocycles. The molecule has 3 aromatic rings. The van der Waals surface area contributed by atoms with Gasteiger partial charge in [-0.3, -0.25) is 4.79 Å². The van der Waals surface area contributed by atoms with Gasteiger partial charge in [-0.05, 0) is 30.3 Å². The number of carbonyl (C=O) groups is 1. The minimum Gasteiger partial charge on any atom is -0.340 e. The summed E-state index contributed by atoms with van der Waals surface area (Å²) in [6.07, 6.45) is 1.13. The van der Waals surface area contributed by atoms with Crippen molar-refractivity contribution in [1.29, 1.82) is 0 Å². The third-order valence-corrected chi connectivity index (χ3v) is 3.56. The summed E-state index contributed by atoms with van der Waals surface area (Å²) in [7, 11) is 0. The third-order valence-electron chi connectivity index (χ3n) is 3.27. The van der Waals surface area contributed by atoms with Crippen LogP contribution in [-0.4, -0.2) is 15.9 Å². The van der Waals surface area contributed by atoms with Gasteiger partial charge < -0.3 is 10.6 Å². The molecule has 0 fully saturated rings. The summed E-state index contributed by atoms with van der Waals surface area (Å²) in [5.74, 6) is -2.70. The van der Waals surface area contributed by atoms with Gasteiger partial charge in [0.2, 0.25) is 0 Å². The molecule has 0 unspecified atom stereocenters. The summed E-state index contributed by atoms with van der Waals surface area (Å²) < 4.78 is 39.7. The topological polar surface area (TPSA) is 66.9 Å². The zero-order chi connectivity index (χ0) is 18.7. The first-order valence-corrected chi connectivity index (χ1v) is 7.61. The van der Waals surface area contributed by atoms with Crippen molar-refractivity contribution in [2.24, 2.45) is 0 Å². The summed E-state index contributed by atoms with van der Waals surface area (Å²) >= 11 is 5.70. The Bertz CT molecular complexity index is 984. The van der Waals surface area contributed by atoms with Gasteiger partial charge in [0.15, 0.2) is 0 Å². The molecule has 0 spiro atoms. The van der Waals surface area contributed by atoms with E-state index in [4.69, 9.17) is 11.6 Å². The van der Waals surface area contributed by atoms with Crippen LogP contribution in [-0.2, 0) is 0 Å².